The first-order chi connectivity index (χ1) is 18.2. The van der Waals surface area contributed by atoms with Gasteiger partial charge in [-0.25, -0.2) is 26.7 Å². The summed E-state index contributed by atoms with van der Waals surface area (Å²) in [5.74, 6) is -11.8. The van der Waals surface area contributed by atoms with Gasteiger partial charge in [0.25, 0.3) is 0 Å². The van der Waals surface area contributed by atoms with Gasteiger partial charge in [-0.05, 0) is 43.3 Å². The highest BCUT2D eigenvalue weighted by Crippen LogP contribution is 2.36. The molecule has 0 radical (unpaired) electrons. The number of nitrogens with zero attached hydrogens (tertiary/aromatic N) is 2. The molecule has 0 bridgehead atoms. The Hall–Kier alpha value is -4.86. The molecular formula is C28H15F5N2O3. The fourth-order valence-corrected chi connectivity index (χ4v) is 4.13. The third-order valence-electron chi connectivity index (χ3n) is 5.95. The van der Waals surface area contributed by atoms with Crippen LogP contribution in [0, 0.1) is 29.1 Å². The summed E-state index contributed by atoms with van der Waals surface area (Å²) in [4.78, 5) is 30.0. The summed E-state index contributed by atoms with van der Waals surface area (Å²) in [6.45, 7) is 1.34. The van der Waals surface area contributed by atoms with Crippen molar-refractivity contribution in [1.82, 2.24) is 4.57 Å². The molecule has 0 aliphatic carbocycles. The summed E-state index contributed by atoms with van der Waals surface area (Å²) < 4.78 is 72.1. The van der Waals surface area contributed by atoms with E-state index in [0.717, 1.165) is 4.57 Å². The molecule has 0 atom stereocenters. The molecule has 0 spiro atoms. The predicted octanol–water partition coefficient (Wildman–Crippen LogP) is 6.89. The van der Waals surface area contributed by atoms with Crippen molar-refractivity contribution in [2.45, 2.75) is 6.92 Å². The summed E-state index contributed by atoms with van der Waals surface area (Å²) in [6, 6.07) is 18.2. The van der Waals surface area contributed by atoms with E-state index in [0.29, 0.717) is 10.8 Å². The quantitative estimate of drug-likeness (QED) is 0.0480. The van der Waals surface area contributed by atoms with Gasteiger partial charge in [0.2, 0.25) is 11.6 Å². The van der Waals surface area contributed by atoms with E-state index in [4.69, 9.17) is 4.84 Å². The molecule has 0 saturated heterocycles. The lowest BCUT2D eigenvalue weighted by molar-refractivity contribution is 0.0515. The van der Waals surface area contributed by atoms with Crippen molar-refractivity contribution in [1.29, 1.82) is 0 Å². The summed E-state index contributed by atoms with van der Waals surface area (Å²) >= 11 is 0. The fourth-order valence-electron chi connectivity index (χ4n) is 4.13. The van der Waals surface area contributed by atoms with Gasteiger partial charge in [0, 0.05) is 16.3 Å². The molecular weight excluding hydrogens is 507 g/mol. The molecule has 10 heteroatoms. The minimum atomic E-state index is -2.26. The Morgan fingerprint density at radius 2 is 1.26 bits per heavy atom. The molecule has 0 amide bonds. The number of carbonyl (C=O) groups is 2. The molecule has 0 N–H and O–H groups in total. The van der Waals surface area contributed by atoms with Crippen molar-refractivity contribution >= 4 is 39.3 Å². The maximum atomic E-state index is 14.8. The van der Waals surface area contributed by atoms with Gasteiger partial charge in [-0.2, -0.15) is 0 Å². The van der Waals surface area contributed by atoms with Crippen LogP contribution in [0.5, 0.6) is 0 Å². The van der Waals surface area contributed by atoms with Gasteiger partial charge < -0.3 is 9.40 Å². The molecule has 0 unspecified atom stereocenters. The van der Waals surface area contributed by atoms with E-state index < -0.39 is 46.5 Å². The van der Waals surface area contributed by atoms with Crippen LogP contribution in [0.1, 0.15) is 27.6 Å². The second-order valence-corrected chi connectivity index (χ2v) is 8.25. The van der Waals surface area contributed by atoms with Crippen molar-refractivity contribution in [3.8, 4) is 5.69 Å². The predicted molar refractivity (Wildman–Crippen MR) is 130 cm³/mol. The van der Waals surface area contributed by atoms with Crippen LogP contribution < -0.4 is 0 Å². The Morgan fingerprint density at radius 3 is 1.95 bits per heavy atom. The molecule has 5 aromatic rings. The minimum Gasteiger partial charge on any atom is -0.312 e. The standard InChI is InChI=1S/C28H15F5N2O3/c1-14(34-38-28(37)15-7-3-2-4-8-15)27(36)16-11-12-20-18(13-16)17-9-5-6-10-19(17)35(20)26-24(32)22(30)21(29)23(31)25(26)33/h2-13H,1H3. The van der Waals surface area contributed by atoms with Gasteiger partial charge in [0.1, 0.15) is 11.4 Å². The van der Waals surface area contributed by atoms with Gasteiger partial charge in [-0.3, -0.25) is 4.79 Å². The van der Waals surface area contributed by atoms with Gasteiger partial charge in [0.05, 0.1) is 16.6 Å². The summed E-state index contributed by atoms with van der Waals surface area (Å²) in [5, 5.41) is 4.32. The maximum Gasteiger partial charge on any atom is 0.365 e. The Bertz CT molecular complexity index is 1770. The molecule has 190 valence electrons. The van der Waals surface area contributed by atoms with Gasteiger partial charge in [0.15, 0.2) is 23.3 Å². The SMILES string of the molecule is CC(=NOC(=O)c1ccccc1)C(=O)c1ccc2c(c1)c1ccccc1n2-c1c(F)c(F)c(F)c(F)c1F. The number of aromatic nitrogens is 1. The fraction of sp³-hybridized carbons (Fsp3) is 0.0357. The van der Waals surface area contributed by atoms with Crippen molar-refractivity contribution in [2.75, 3.05) is 0 Å². The van der Waals surface area contributed by atoms with Crippen LogP contribution >= 0.6 is 0 Å². The summed E-state index contributed by atoms with van der Waals surface area (Å²) in [7, 11) is 0. The second kappa shape index (κ2) is 9.55. The van der Waals surface area contributed by atoms with E-state index in [1.165, 1.54) is 49.4 Å². The number of para-hydroxylation sites is 1. The zero-order chi connectivity index (χ0) is 27.1. The Kier molecular flexibility index (Phi) is 6.23. The van der Waals surface area contributed by atoms with Crippen LogP contribution in [0.2, 0.25) is 0 Å². The van der Waals surface area contributed by atoms with Crippen LogP contribution in [0.4, 0.5) is 22.0 Å². The molecule has 4 aromatic carbocycles. The van der Waals surface area contributed by atoms with E-state index in [1.54, 1.807) is 30.3 Å². The Balaban J connectivity index is 1.60. The number of rotatable bonds is 5. The van der Waals surface area contributed by atoms with Gasteiger partial charge >= 0.3 is 5.97 Å². The van der Waals surface area contributed by atoms with Crippen LogP contribution in [0.3, 0.4) is 0 Å². The molecule has 0 saturated carbocycles. The third kappa shape index (κ3) is 4.00. The molecule has 38 heavy (non-hydrogen) atoms. The smallest absolute Gasteiger partial charge is 0.312 e. The number of hydrogen-bond acceptors (Lipinski definition) is 4. The monoisotopic (exact) mass is 522 g/mol. The average Bonchev–Trinajstić information content (AvgIpc) is 3.27. The summed E-state index contributed by atoms with van der Waals surface area (Å²) in [5.41, 5.74) is -0.725. The molecule has 5 nitrogen and oxygen atoms in total. The van der Waals surface area contributed by atoms with Crippen molar-refractivity contribution in [3.05, 3.63) is 113 Å². The van der Waals surface area contributed by atoms with E-state index >= 15 is 0 Å². The van der Waals surface area contributed by atoms with Gasteiger partial charge in [-0.1, -0.05) is 41.6 Å². The molecule has 0 aliphatic rings. The number of oxime groups is 1. The zero-order valence-electron chi connectivity index (χ0n) is 19.4. The largest absolute Gasteiger partial charge is 0.365 e. The van der Waals surface area contributed by atoms with Gasteiger partial charge in [-0.15, -0.1) is 0 Å². The first-order valence-corrected chi connectivity index (χ1v) is 11.1. The topological polar surface area (TPSA) is 60.7 Å². The lowest BCUT2D eigenvalue weighted by Gasteiger charge is -2.12. The average molecular weight is 522 g/mol. The Labute approximate surface area is 211 Å². The summed E-state index contributed by atoms with van der Waals surface area (Å²) in [6.07, 6.45) is 0. The number of hydrogen-bond donors (Lipinski definition) is 0. The molecule has 1 heterocycles. The highest BCUT2D eigenvalue weighted by Gasteiger charge is 2.29. The van der Waals surface area contributed by atoms with Crippen LogP contribution in [-0.2, 0) is 4.84 Å². The van der Waals surface area contributed by atoms with Crippen molar-refractivity contribution < 1.29 is 36.4 Å². The minimum absolute atomic E-state index is 0.0924. The van der Waals surface area contributed by atoms with Crippen LogP contribution in [0.25, 0.3) is 27.5 Å². The number of carbonyl (C=O) groups excluding carboxylic acids is 2. The highest BCUT2D eigenvalue weighted by atomic mass is 19.2. The lowest BCUT2D eigenvalue weighted by atomic mass is 10.0. The van der Waals surface area contributed by atoms with Crippen LogP contribution in [0.15, 0.2) is 78.0 Å². The highest BCUT2D eigenvalue weighted by molar-refractivity contribution is 6.45. The number of ketones is 1. The van der Waals surface area contributed by atoms with Crippen LogP contribution in [-0.4, -0.2) is 22.0 Å². The maximum absolute atomic E-state index is 14.8. The van der Waals surface area contributed by atoms with E-state index in [1.807, 2.05) is 0 Å². The van der Waals surface area contributed by atoms with E-state index in [2.05, 4.69) is 5.16 Å². The first-order valence-electron chi connectivity index (χ1n) is 11.1. The molecule has 0 fully saturated rings. The number of benzene rings is 4. The normalized spacial score (nSPS) is 11.8. The zero-order valence-corrected chi connectivity index (χ0v) is 19.4. The van der Waals surface area contributed by atoms with E-state index in [-0.39, 0.29) is 27.9 Å². The number of Topliss-reactive ketones (excluding diaryl/α,β-unsaturated/α-hetero) is 1. The molecule has 5 rings (SSSR count). The number of fused-ring (bicyclic) bond motifs is 3. The second-order valence-electron chi connectivity index (χ2n) is 8.25. The third-order valence-corrected chi connectivity index (χ3v) is 5.95. The lowest BCUT2D eigenvalue weighted by Crippen LogP contribution is -2.13. The molecule has 0 aliphatic heterocycles. The van der Waals surface area contributed by atoms with E-state index in [9.17, 15) is 31.5 Å². The number of halogens is 5. The van der Waals surface area contributed by atoms with Crippen molar-refractivity contribution in [2.24, 2.45) is 5.16 Å². The molecule has 1 aromatic heterocycles. The first kappa shape index (κ1) is 24.8. The Morgan fingerprint density at radius 1 is 0.684 bits per heavy atom. The van der Waals surface area contributed by atoms with Crippen molar-refractivity contribution in [3.63, 3.8) is 0 Å².